The summed E-state index contributed by atoms with van der Waals surface area (Å²) < 4.78 is 6.80. The fraction of sp³-hybridized carbons (Fsp3) is 0.250. The molecule has 1 aliphatic heterocycles. The van der Waals surface area contributed by atoms with E-state index >= 15 is 0 Å². The van der Waals surface area contributed by atoms with E-state index in [-0.39, 0.29) is 0 Å². The molecule has 3 rings (SSSR count). The van der Waals surface area contributed by atoms with Gasteiger partial charge in [-0.2, -0.15) is 0 Å². The average Bonchev–Trinajstić information content (AvgIpc) is 2.90. The molecule has 1 N–H and O–H groups in total. The third-order valence-electron chi connectivity index (χ3n) is 3.50. The molecule has 0 aromatic heterocycles. The Hall–Kier alpha value is -0.740. The molecule has 0 radical (unpaired) electrons. The molecule has 0 fully saturated rings. The fourth-order valence-electron chi connectivity index (χ4n) is 2.50. The third kappa shape index (κ3) is 3.37. The van der Waals surface area contributed by atoms with Gasteiger partial charge in [-0.05, 0) is 29.8 Å². The van der Waals surface area contributed by atoms with E-state index in [0.29, 0.717) is 23.1 Å². The Kier molecular flexibility index (Phi) is 4.75. The molecule has 5 heteroatoms. The number of hydrogen-bond donors (Lipinski definition) is 1. The van der Waals surface area contributed by atoms with Gasteiger partial charge in [0.15, 0.2) is 0 Å². The first-order valence-corrected chi connectivity index (χ1v) is 8.28. The van der Waals surface area contributed by atoms with Crippen molar-refractivity contribution in [3.8, 4) is 5.75 Å². The van der Waals surface area contributed by atoms with Crippen molar-refractivity contribution in [3.05, 3.63) is 61.5 Å². The molecule has 2 aromatic carbocycles. The topological polar surface area (TPSA) is 21.3 Å². The number of hydrogen-bond acceptors (Lipinski definition) is 2. The first-order chi connectivity index (χ1) is 10.1. The summed E-state index contributed by atoms with van der Waals surface area (Å²) in [6.07, 6.45) is 0.970. The van der Waals surface area contributed by atoms with E-state index < -0.39 is 0 Å². The summed E-state index contributed by atoms with van der Waals surface area (Å²) in [7, 11) is 0. The lowest BCUT2D eigenvalue weighted by Crippen LogP contribution is -2.14. The zero-order chi connectivity index (χ0) is 14.8. The predicted molar refractivity (Wildman–Crippen MR) is 90.3 cm³/mol. The first-order valence-electron chi connectivity index (χ1n) is 6.73. The lowest BCUT2D eigenvalue weighted by Gasteiger charge is -2.12. The minimum absolute atomic E-state index is 0.625. The minimum atomic E-state index is 0.625. The SMILES string of the molecule is Clc1cccc(Cl)c1CNCc1cc(Br)cc2c1OCC2. The Morgan fingerprint density at radius 2 is 1.90 bits per heavy atom. The molecular weight excluding hydrogens is 373 g/mol. The van der Waals surface area contributed by atoms with Crippen molar-refractivity contribution in [1.29, 1.82) is 0 Å². The number of nitrogens with one attached hydrogen (secondary N) is 1. The van der Waals surface area contributed by atoms with Gasteiger partial charge in [0.05, 0.1) is 6.61 Å². The van der Waals surface area contributed by atoms with Crippen molar-refractivity contribution >= 4 is 39.1 Å². The lowest BCUT2D eigenvalue weighted by atomic mass is 10.1. The van der Waals surface area contributed by atoms with Crippen molar-refractivity contribution in [3.63, 3.8) is 0 Å². The minimum Gasteiger partial charge on any atom is -0.493 e. The number of fused-ring (bicyclic) bond motifs is 1. The van der Waals surface area contributed by atoms with Gasteiger partial charge in [0, 0.05) is 45.2 Å². The molecule has 1 aliphatic rings. The van der Waals surface area contributed by atoms with Crippen LogP contribution in [0.15, 0.2) is 34.8 Å². The van der Waals surface area contributed by atoms with E-state index in [1.807, 2.05) is 18.2 Å². The molecule has 0 aliphatic carbocycles. The smallest absolute Gasteiger partial charge is 0.127 e. The maximum atomic E-state index is 6.17. The molecule has 2 nitrogen and oxygen atoms in total. The molecular formula is C16H14BrCl2NO. The highest BCUT2D eigenvalue weighted by Crippen LogP contribution is 2.33. The maximum absolute atomic E-state index is 6.17. The van der Waals surface area contributed by atoms with Crippen LogP contribution in [0.1, 0.15) is 16.7 Å². The van der Waals surface area contributed by atoms with Crippen LogP contribution < -0.4 is 10.1 Å². The number of halogens is 3. The van der Waals surface area contributed by atoms with Crippen molar-refractivity contribution in [2.24, 2.45) is 0 Å². The number of benzene rings is 2. The van der Waals surface area contributed by atoms with Crippen LogP contribution in [0.3, 0.4) is 0 Å². The van der Waals surface area contributed by atoms with Gasteiger partial charge in [-0.15, -0.1) is 0 Å². The van der Waals surface area contributed by atoms with Crippen molar-refractivity contribution in [1.82, 2.24) is 5.32 Å². The summed E-state index contributed by atoms with van der Waals surface area (Å²) in [6, 6.07) is 9.76. The maximum Gasteiger partial charge on any atom is 0.127 e. The van der Waals surface area contributed by atoms with Crippen molar-refractivity contribution in [2.75, 3.05) is 6.61 Å². The molecule has 110 valence electrons. The van der Waals surface area contributed by atoms with Crippen LogP contribution in [0.5, 0.6) is 5.75 Å². The van der Waals surface area contributed by atoms with Gasteiger partial charge in [-0.1, -0.05) is 45.2 Å². The average molecular weight is 387 g/mol. The summed E-state index contributed by atoms with van der Waals surface area (Å²) in [6.45, 7) is 2.10. The van der Waals surface area contributed by atoms with E-state index in [1.54, 1.807) is 0 Å². The van der Waals surface area contributed by atoms with Gasteiger partial charge in [-0.25, -0.2) is 0 Å². The highest BCUT2D eigenvalue weighted by Gasteiger charge is 2.17. The zero-order valence-corrected chi connectivity index (χ0v) is 14.4. The molecule has 0 saturated carbocycles. The van der Waals surface area contributed by atoms with Gasteiger partial charge < -0.3 is 10.1 Å². The molecule has 21 heavy (non-hydrogen) atoms. The quantitative estimate of drug-likeness (QED) is 0.799. The molecule has 0 unspecified atom stereocenters. The van der Waals surface area contributed by atoms with Gasteiger partial charge in [-0.3, -0.25) is 0 Å². The van der Waals surface area contributed by atoms with Crippen LogP contribution in [-0.2, 0) is 19.5 Å². The van der Waals surface area contributed by atoms with Crippen molar-refractivity contribution < 1.29 is 4.74 Å². The summed E-state index contributed by atoms with van der Waals surface area (Å²) in [4.78, 5) is 0. The van der Waals surface area contributed by atoms with E-state index in [4.69, 9.17) is 27.9 Å². The van der Waals surface area contributed by atoms with E-state index in [2.05, 4.69) is 33.4 Å². The predicted octanol–water partition coefficient (Wildman–Crippen LogP) is 4.98. The van der Waals surface area contributed by atoms with Gasteiger partial charge in [0.1, 0.15) is 5.75 Å². The van der Waals surface area contributed by atoms with Gasteiger partial charge in [0.25, 0.3) is 0 Å². The normalized spacial score (nSPS) is 13.1. The molecule has 1 heterocycles. The summed E-state index contributed by atoms with van der Waals surface area (Å²) >= 11 is 15.9. The van der Waals surface area contributed by atoms with Gasteiger partial charge >= 0.3 is 0 Å². The monoisotopic (exact) mass is 385 g/mol. The van der Waals surface area contributed by atoms with Crippen LogP contribution in [0, 0.1) is 0 Å². The van der Waals surface area contributed by atoms with Crippen LogP contribution in [0.2, 0.25) is 10.0 Å². The number of rotatable bonds is 4. The van der Waals surface area contributed by atoms with Crippen LogP contribution in [0.4, 0.5) is 0 Å². The molecule has 0 spiro atoms. The fourth-order valence-corrected chi connectivity index (χ4v) is 3.58. The standard InChI is InChI=1S/C16H14BrCl2NO/c17-12-6-10-4-5-21-16(10)11(7-12)8-20-9-13-14(18)2-1-3-15(13)19/h1-3,6-7,20H,4-5,8-9H2. The molecule has 0 amide bonds. The van der Waals surface area contributed by atoms with E-state index in [0.717, 1.165) is 34.4 Å². The van der Waals surface area contributed by atoms with Crippen LogP contribution in [0.25, 0.3) is 0 Å². The Balaban J connectivity index is 1.72. The zero-order valence-electron chi connectivity index (χ0n) is 11.3. The lowest BCUT2D eigenvalue weighted by molar-refractivity contribution is 0.352. The molecule has 0 saturated heterocycles. The van der Waals surface area contributed by atoms with Crippen molar-refractivity contribution in [2.45, 2.75) is 19.5 Å². The molecule has 0 bridgehead atoms. The number of ether oxygens (including phenoxy) is 1. The van der Waals surface area contributed by atoms with E-state index in [9.17, 15) is 0 Å². The largest absolute Gasteiger partial charge is 0.493 e. The summed E-state index contributed by atoms with van der Waals surface area (Å²) in [5.41, 5.74) is 3.34. The summed E-state index contributed by atoms with van der Waals surface area (Å²) in [5.74, 6) is 1.01. The van der Waals surface area contributed by atoms with Gasteiger partial charge in [0.2, 0.25) is 0 Å². The third-order valence-corrected chi connectivity index (χ3v) is 4.67. The second-order valence-electron chi connectivity index (χ2n) is 4.96. The van der Waals surface area contributed by atoms with Crippen LogP contribution in [-0.4, -0.2) is 6.61 Å². The summed E-state index contributed by atoms with van der Waals surface area (Å²) in [5, 5.41) is 4.76. The second kappa shape index (κ2) is 6.57. The Morgan fingerprint density at radius 3 is 2.67 bits per heavy atom. The Morgan fingerprint density at radius 1 is 1.14 bits per heavy atom. The van der Waals surface area contributed by atoms with E-state index in [1.165, 1.54) is 5.56 Å². The molecule has 2 aromatic rings. The van der Waals surface area contributed by atoms with Crippen LogP contribution >= 0.6 is 39.1 Å². The first kappa shape index (κ1) is 15.2. The highest BCUT2D eigenvalue weighted by atomic mass is 79.9. The molecule has 0 atom stereocenters. The Bertz CT molecular complexity index is 655. The highest BCUT2D eigenvalue weighted by molar-refractivity contribution is 9.10. The Labute approximate surface area is 142 Å². The second-order valence-corrected chi connectivity index (χ2v) is 6.69.